The Morgan fingerprint density at radius 2 is 1.78 bits per heavy atom. The minimum Gasteiger partial charge on any atom is -0.497 e. The van der Waals surface area contributed by atoms with Gasteiger partial charge in [-0.3, -0.25) is 4.79 Å². The van der Waals surface area contributed by atoms with Crippen molar-refractivity contribution in [1.29, 1.82) is 0 Å². The predicted molar refractivity (Wildman–Crippen MR) is 146 cm³/mol. The zero-order chi connectivity index (χ0) is 25.9. The van der Waals surface area contributed by atoms with Gasteiger partial charge in [0.2, 0.25) is 0 Å². The first-order valence-corrected chi connectivity index (χ1v) is 13.1. The number of anilines is 1. The first kappa shape index (κ1) is 24.7. The van der Waals surface area contributed by atoms with Gasteiger partial charge in [0.05, 0.1) is 14.2 Å². The highest BCUT2D eigenvalue weighted by atomic mass is 32.1. The van der Waals surface area contributed by atoms with Crippen molar-refractivity contribution < 1.29 is 19.1 Å². The summed E-state index contributed by atoms with van der Waals surface area (Å²) >= 11 is 1.63. The number of hydrogen-bond donors (Lipinski definition) is 1. The molecule has 1 fully saturated rings. The van der Waals surface area contributed by atoms with Gasteiger partial charge in [0, 0.05) is 43.3 Å². The number of carbonyl (C=O) groups is 2. The molecule has 1 aliphatic heterocycles. The lowest BCUT2D eigenvalue weighted by molar-refractivity contribution is 0.0583. The Bertz CT molecular complexity index is 1410. The molecule has 1 N–H and O–H groups in total. The predicted octanol–water partition coefficient (Wildman–Crippen LogP) is 5.15. The molecule has 3 amide bonds. The van der Waals surface area contributed by atoms with Crippen molar-refractivity contribution in [2.24, 2.45) is 0 Å². The number of piperazine rings is 1. The summed E-state index contributed by atoms with van der Waals surface area (Å²) in [7, 11) is 3.26. The molecule has 0 bridgehead atoms. The summed E-state index contributed by atoms with van der Waals surface area (Å²) in [6.07, 6.45) is 0. The summed E-state index contributed by atoms with van der Waals surface area (Å²) in [5, 5.41) is 6.05. The maximum Gasteiger partial charge on any atom is 0.322 e. The Hall–Kier alpha value is -3.98. The average molecular weight is 519 g/mol. The molecule has 4 aromatic rings. The van der Waals surface area contributed by atoms with E-state index in [1.54, 1.807) is 42.6 Å². The number of rotatable bonds is 6. The maximum absolute atomic E-state index is 13.7. The van der Waals surface area contributed by atoms with E-state index in [0.717, 1.165) is 27.3 Å². The van der Waals surface area contributed by atoms with Crippen LogP contribution in [0.25, 0.3) is 10.2 Å². The van der Waals surface area contributed by atoms with Crippen LogP contribution >= 0.6 is 11.3 Å². The SMILES string of the molecule is COc1ccc(NC(=O)N2CCN(C(=O)c3cc4ccsc4n3Cc3cccc(OC)c3)CC2C)cc1. The van der Waals surface area contributed by atoms with Gasteiger partial charge in [0.1, 0.15) is 22.0 Å². The monoisotopic (exact) mass is 518 g/mol. The smallest absolute Gasteiger partial charge is 0.322 e. The fourth-order valence-electron chi connectivity index (χ4n) is 4.74. The average Bonchev–Trinajstić information content (AvgIpc) is 3.51. The lowest BCUT2D eigenvalue weighted by Crippen LogP contribution is -2.56. The van der Waals surface area contributed by atoms with Crippen LogP contribution in [0.4, 0.5) is 10.5 Å². The molecule has 1 aliphatic rings. The van der Waals surface area contributed by atoms with Crippen LogP contribution in [0.1, 0.15) is 23.0 Å². The number of urea groups is 1. The maximum atomic E-state index is 13.7. The molecule has 37 heavy (non-hydrogen) atoms. The quantitative estimate of drug-likeness (QED) is 0.383. The molecule has 3 heterocycles. The molecule has 2 aromatic carbocycles. The fourth-order valence-corrected chi connectivity index (χ4v) is 5.63. The Labute approximate surface area is 220 Å². The summed E-state index contributed by atoms with van der Waals surface area (Å²) in [5.74, 6) is 1.50. The molecule has 5 rings (SSSR count). The number of methoxy groups -OCH3 is 2. The van der Waals surface area contributed by atoms with Gasteiger partial charge in [-0.15, -0.1) is 11.3 Å². The summed E-state index contributed by atoms with van der Waals surface area (Å²) in [5.41, 5.74) is 2.42. The molecule has 1 atom stereocenters. The van der Waals surface area contributed by atoms with E-state index in [1.165, 1.54) is 0 Å². The van der Waals surface area contributed by atoms with Crippen molar-refractivity contribution in [3.63, 3.8) is 0 Å². The Kier molecular flexibility index (Phi) is 7.05. The zero-order valence-electron chi connectivity index (χ0n) is 21.1. The standard InChI is InChI=1S/C28H30N4O4S/c1-19-17-30(12-13-31(19)28(34)29-22-7-9-23(35-2)10-8-22)26(33)25-16-21-11-14-37-27(21)32(25)18-20-5-4-6-24(15-20)36-3/h4-11,14-16,19H,12-13,17-18H2,1-3H3,(H,29,34). The van der Waals surface area contributed by atoms with Crippen molar-refractivity contribution in [3.8, 4) is 11.5 Å². The molecule has 8 nitrogen and oxygen atoms in total. The van der Waals surface area contributed by atoms with Crippen LogP contribution in [-0.4, -0.2) is 66.2 Å². The van der Waals surface area contributed by atoms with Crippen LogP contribution in [0.15, 0.2) is 66.0 Å². The van der Waals surface area contributed by atoms with E-state index in [2.05, 4.69) is 9.88 Å². The summed E-state index contributed by atoms with van der Waals surface area (Å²) < 4.78 is 12.6. The van der Waals surface area contributed by atoms with E-state index >= 15 is 0 Å². The molecule has 192 valence electrons. The normalized spacial score (nSPS) is 15.6. The van der Waals surface area contributed by atoms with Gasteiger partial charge in [-0.2, -0.15) is 0 Å². The second kappa shape index (κ2) is 10.6. The largest absolute Gasteiger partial charge is 0.497 e. The minimum absolute atomic E-state index is 0.0200. The van der Waals surface area contributed by atoms with Crippen LogP contribution < -0.4 is 14.8 Å². The third kappa shape index (κ3) is 5.13. The van der Waals surface area contributed by atoms with Gasteiger partial charge in [-0.1, -0.05) is 12.1 Å². The minimum atomic E-state index is -0.174. The second-order valence-electron chi connectivity index (χ2n) is 9.10. The number of nitrogens with one attached hydrogen (secondary N) is 1. The van der Waals surface area contributed by atoms with E-state index in [1.807, 2.05) is 65.7 Å². The van der Waals surface area contributed by atoms with Crippen LogP contribution in [0.3, 0.4) is 0 Å². The molecule has 9 heteroatoms. The first-order valence-electron chi connectivity index (χ1n) is 12.2. The Morgan fingerprint density at radius 1 is 1.00 bits per heavy atom. The molecular formula is C28H30N4O4S. The molecule has 0 spiro atoms. The molecule has 0 radical (unpaired) electrons. The lowest BCUT2D eigenvalue weighted by atomic mass is 10.1. The van der Waals surface area contributed by atoms with Crippen molar-refractivity contribution in [3.05, 3.63) is 77.3 Å². The van der Waals surface area contributed by atoms with Crippen LogP contribution in [0.2, 0.25) is 0 Å². The van der Waals surface area contributed by atoms with Crippen molar-refractivity contribution >= 4 is 39.2 Å². The number of aromatic nitrogens is 1. The van der Waals surface area contributed by atoms with E-state index in [0.29, 0.717) is 37.6 Å². The molecule has 0 saturated carbocycles. The number of nitrogens with zero attached hydrogens (tertiary/aromatic N) is 3. The summed E-state index contributed by atoms with van der Waals surface area (Å²) in [6, 6.07) is 18.9. The molecule has 1 unspecified atom stereocenters. The third-order valence-corrected chi connectivity index (χ3v) is 7.66. The highest BCUT2D eigenvalue weighted by molar-refractivity contribution is 7.16. The lowest BCUT2D eigenvalue weighted by Gasteiger charge is -2.39. The van der Waals surface area contributed by atoms with Gasteiger partial charge in [0.15, 0.2) is 0 Å². The van der Waals surface area contributed by atoms with Crippen LogP contribution in [-0.2, 0) is 6.54 Å². The van der Waals surface area contributed by atoms with Gasteiger partial charge >= 0.3 is 6.03 Å². The molecular weight excluding hydrogens is 488 g/mol. The Morgan fingerprint density at radius 3 is 2.51 bits per heavy atom. The molecule has 2 aromatic heterocycles. The van der Waals surface area contributed by atoms with Crippen molar-refractivity contribution in [2.75, 3.05) is 39.2 Å². The molecule has 1 saturated heterocycles. The van der Waals surface area contributed by atoms with E-state index < -0.39 is 0 Å². The topological polar surface area (TPSA) is 76.0 Å². The second-order valence-corrected chi connectivity index (χ2v) is 10.00. The summed E-state index contributed by atoms with van der Waals surface area (Å²) in [4.78, 5) is 31.4. The number of ether oxygens (including phenoxy) is 2. The number of benzene rings is 2. The van der Waals surface area contributed by atoms with E-state index in [4.69, 9.17) is 9.47 Å². The Balaban J connectivity index is 1.30. The number of thiophene rings is 1. The highest BCUT2D eigenvalue weighted by Gasteiger charge is 2.32. The van der Waals surface area contributed by atoms with Gasteiger partial charge < -0.3 is 29.2 Å². The highest BCUT2D eigenvalue weighted by Crippen LogP contribution is 2.28. The number of fused-ring (bicyclic) bond motifs is 1. The number of amides is 3. The fraction of sp³-hybridized carbons (Fsp3) is 0.286. The molecule has 0 aliphatic carbocycles. The van der Waals surface area contributed by atoms with E-state index in [-0.39, 0.29) is 18.0 Å². The van der Waals surface area contributed by atoms with Crippen molar-refractivity contribution in [1.82, 2.24) is 14.4 Å². The summed E-state index contributed by atoms with van der Waals surface area (Å²) in [6.45, 7) is 3.94. The number of hydrogen-bond acceptors (Lipinski definition) is 5. The first-order chi connectivity index (χ1) is 18.0. The van der Waals surface area contributed by atoms with Gasteiger partial charge in [-0.05, 0) is 66.4 Å². The van der Waals surface area contributed by atoms with Gasteiger partial charge in [0.25, 0.3) is 5.91 Å². The van der Waals surface area contributed by atoms with Gasteiger partial charge in [-0.25, -0.2) is 4.79 Å². The third-order valence-electron chi connectivity index (χ3n) is 6.71. The van der Waals surface area contributed by atoms with Crippen LogP contribution in [0.5, 0.6) is 11.5 Å². The van der Waals surface area contributed by atoms with Crippen LogP contribution in [0, 0.1) is 0 Å². The van der Waals surface area contributed by atoms with Crippen molar-refractivity contribution in [2.45, 2.75) is 19.5 Å². The number of carbonyl (C=O) groups excluding carboxylic acids is 2. The zero-order valence-corrected chi connectivity index (χ0v) is 22.0. The van der Waals surface area contributed by atoms with E-state index in [9.17, 15) is 9.59 Å².